The van der Waals surface area contributed by atoms with Crippen molar-refractivity contribution in [3.8, 4) is 5.75 Å². The number of hydrogen-bond acceptors (Lipinski definition) is 3. The van der Waals surface area contributed by atoms with Gasteiger partial charge in [0.2, 0.25) is 0 Å². The normalized spacial score (nSPS) is 14.4. The average Bonchev–Trinajstić information content (AvgIpc) is 3.22. The van der Waals surface area contributed by atoms with Crippen LogP contribution in [0, 0.1) is 12.8 Å². The minimum atomic E-state index is 0.798. The SMILES string of the molecule is Cc1cc(OCC2CC2)ccc1NCCCCCN. The van der Waals surface area contributed by atoms with Crippen LogP contribution < -0.4 is 15.8 Å². The van der Waals surface area contributed by atoms with Crippen LogP contribution in [0.5, 0.6) is 5.75 Å². The predicted octanol–water partition coefficient (Wildman–Crippen LogP) is 3.32. The van der Waals surface area contributed by atoms with Gasteiger partial charge < -0.3 is 15.8 Å². The first-order valence-corrected chi connectivity index (χ1v) is 7.47. The van der Waals surface area contributed by atoms with Gasteiger partial charge in [0.05, 0.1) is 6.61 Å². The van der Waals surface area contributed by atoms with Crippen LogP contribution in [0.4, 0.5) is 5.69 Å². The average molecular weight is 262 g/mol. The van der Waals surface area contributed by atoms with Gasteiger partial charge in [-0.1, -0.05) is 6.42 Å². The van der Waals surface area contributed by atoms with Crippen molar-refractivity contribution in [2.24, 2.45) is 11.7 Å². The van der Waals surface area contributed by atoms with Gasteiger partial charge in [-0.25, -0.2) is 0 Å². The number of unbranched alkanes of at least 4 members (excludes halogenated alkanes) is 2. The Morgan fingerprint density at radius 1 is 1.26 bits per heavy atom. The molecule has 3 nitrogen and oxygen atoms in total. The molecule has 0 aliphatic heterocycles. The minimum Gasteiger partial charge on any atom is -0.493 e. The molecule has 0 bridgehead atoms. The molecule has 0 heterocycles. The first-order chi connectivity index (χ1) is 9.29. The summed E-state index contributed by atoms with van der Waals surface area (Å²) in [5, 5.41) is 3.48. The summed E-state index contributed by atoms with van der Waals surface area (Å²) >= 11 is 0. The largest absolute Gasteiger partial charge is 0.493 e. The molecular weight excluding hydrogens is 236 g/mol. The lowest BCUT2D eigenvalue weighted by molar-refractivity contribution is 0.299. The lowest BCUT2D eigenvalue weighted by Gasteiger charge is -2.12. The van der Waals surface area contributed by atoms with Crippen molar-refractivity contribution in [1.29, 1.82) is 0 Å². The van der Waals surface area contributed by atoms with Crippen molar-refractivity contribution >= 4 is 5.69 Å². The number of anilines is 1. The van der Waals surface area contributed by atoms with Crippen molar-refractivity contribution < 1.29 is 4.74 Å². The summed E-state index contributed by atoms with van der Waals surface area (Å²) in [6.45, 7) is 4.83. The van der Waals surface area contributed by atoms with Gasteiger partial charge >= 0.3 is 0 Å². The van der Waals surface area contributed by atoms with Gasteiger partial charge in [0.15, 0.2) is 0 Å². The molecule has 1 aromatic carbocycles. The summed E-state index contributed by atoms with van der Waals surface area (Å²) in [6, 6.07) is 6.32. The molecule has 1 saturated carbocycles. The van der Waals surface area contributed by atoms with Gasteiger partial charge in [0.1, 0.15) is 5.75 Å². The van der Waals surface area contributed by atoms with Crippen LogP contribution in [0.2, 0.25) is 0 Å². The summed E-state index contributed by atoms with van der Waals surface area (Å²) in [7, 11) is 0. The Labute approximate surface area is 116 Å². The van der Waals surface area contributed by atoms with E-state index in [9.17, 15) is 0 Å². The maximum absolute atomic E-state index is 5.78. The van der Waals surface area contributed by atoms with Crippen LogP contribution in [0.3, 0.4) is 0 Å². The smallest absolute Gasteiger partial charge is 0.119 e. The Kier molecular flexibility index (Phi) is 5.52. The van der Waals surface area contributed by atoms with E-state index in [4.69, 9.17) is 10.5 Å². The van der Waals surface area contributed by atoms with E-state index in [0.717, 1.165) is 37.8 Å². The lowest BCUT2D eigenvalue weighted by Crippen LogP contribution is -2.05. The van der Waals surface area contributed by atoms with Gasteiger partial charge in [0, 0.05) is 12.2 Å². The van der Waals surface area contributed by atoms with Crippen LogP contribution in [-0.2, 0) is 0 Å². The van der Waals surface area contributed by atoms with Crippen molar-refractivity contribution in [3.05, 3.63) is 23.8 Å². The second-order valence-electron chi connectivity index (χ2n) is 5.51. The molecule has 0 amide bonds. The third kappa shape index (κ3) is 5.11. The summed E-state index contributed by atoms with van der Waals surface area (Å²) < 4.78 is 5.78. The number of ether oxygens (including phenoxy) is 1. The Hall–Kier alpha value is -1.22. The van der Waals surface area contributed by atoms with Crippen LogP contribution >= 0.6 is 0 Å². The molecule has 2 rings (SSSR count). The maximum atomic E-state index is 5.78. The van der Waals surface area contributed by atoms with Crippen LogP contribution in [0.1, 0.15) is 37.7 Å². The lowest BCUT2D eigenvalue weighted by atomic mass is 10.1. The molecule has 1 aromatic rings. The molecule has 0 unspecified atom stereocenters. The van der Waals surface area contributed by atoms with Crippen LogP contribution in [0.25, 0.3) is 0 Å². The molecule has 0 radical (unpaired) electrons. The second kappa shape index (κ2) is 7.39. The first-order valence-electron chi connectivity index (χ1n) is 7.47. The quantitative estimate of drug-likeness (QED) is 0.671. The zero-order valence-corrected chi connectivity index (χ0v) is 12.0. The second-order valence-corrected chi connectivity index (χ2v) is 5.51. The molecule has 1 aliphatic carbocycles. The molecule has 0 spiro atoms. The van der Waals surface area contributed by atoms with Gasteiger partial charge in [-0.2, -0.15) is 0 Å². The van der Waals surface area contributed by atoms with Crippen molar-refractivity contribution in [2.75, 3.05) is 25.0 Å². The molecule has 3 heteroatoms. The zero-order chi connectivity index (χ0) is 13.5. The fourth-order valence-corrected chi connectivity index (χ4v) is 2.09. The van der Waals surface area contributed by atoms with E-state index in [1.54, 1.807) is 0 Å². The van der Waals surface area contributed by atoms with E-state index in [2.05, 4.69) is 30.4 Å². The van der Waals surface area contributed by atoms with Gasteiger partial charge in [0.25, 0.3) is 0 Å². The maximum Gasteiger partial charge on any atom is 0.119 e. The number of nitrogens with two attached hydrogens (primary N) is 1. The molecule has 19 heavy (non-hydrogen) atoms. The van der Waals surface area contributed by atoms with Gasteiger partial charge in [-0.05, 0) is 68.8 Å². The Morgan fingerprint density at radius 3 is 2.79 bits per heavy atom. The highest BCUT2D eigenvalue weighted by atomic mass is 16.5. The number of hydrogen-bond donors (Lipinski definition) is 2. The van der Waals surface area contributed by atoms with E-state index < -0.39 is 0 Å². The van der Waals surface area contributed by atoms with Crippen LogP contribution in [0.15, 0.2) is 18.2 Å². The molecule has 1 aliphatic rings. The van der Waals surface area contributed by atoms with E-state index >= 15 is 0 Å². The molecule has 0 saturated heterocycles. The monoisotopic (exact) mass is 262 g/mol. The fraction of sp³-hybridized carbons (Fsp3) is 0.625. The van der Waals surface area contributed by atoms with Gasteiger partial charge in [-0.15, -0.1) is 0 Å². The summed E-state index contributed by atoms with van der Waals surface area (Å²) in [6.07, 6.45) is 6.17. The molecule has 0 aromatic heterocycles. The molecule has 3 N–H and O–H groups in total. The standard InChI is InChI=1S/C16H26N2O/c1-13-11-15(19-12-14-5-6-14)7-8-16(13)18-10-4-2-3-9-17/h7-8,11,14,18H,2-6,9-10,12,17H2,1H3. The third-order valence-electron chi connectivity index (χ3n) is 3.58. The Bertz CT molecular complexity index is 388. The highest BCUT2D eigenvalue weighted by Gasteiger charge is 2.21. The Morgan fingerprint density at radius 2 is 2.11 bits per heavy atom. The van der Waals surface area contributed by atoms with Crippen LogP contribution in [-0.4, -0.2) is 19.7 Å². The molecule has 0 atom stereocenters. The summed E-state index contributed by atoms with van der Waals surface area (Å²) in [5.74, 6) is 1.80. The Balaban J connectivity index is 1.73. The van der Waals surface area contributed by atoms with E-state index in [0.29, 0.717) is 0 Å². The van der Waals surface area contributed by atoms with Crippen molar-refractivity contribution in [2.45, 2.75) is 39.0 Å². The highest BCUT2D eigenvalue weighted by Crippen LogP contribution is 2.30. The van der Waals surface area contributed by atoms with Crippen molar-refractivity contribution in [3.63, 3.8) is 0 Å². The molecule has 106 valence electrons. The number of nitrogens with one attached hydrogen (secondary N) is 1. The van der Waals surface area contributed by atoms with E-state index in [1.807, 2.05) is 0 Å². The van der Waals surface area contributed by atoms with Gasteiger partial charge in [-0.3, -0.25) is 0 Å². The molecular formula is C16H26N2O. The zero-order valence-electron chi connectivity index (χ0n) is 12.0. The van der Waals surface area contributed by atoms with Crippen molar-refractivity contribution in [1.82, 2.24) is 0 Å². The first kappa shape index (κ1) is 14.2. The van der Waals surface area contributed by atoms with E-state index in [-0.39, 0.29) is 0 Å². The predicted molar refractivity (Wildman–Crippen MR) is 80.8 cm³/mol. The minimum absolute atomic E-state index is 0.798. The fourth-order valence-electron chi connectivity index (χ4n) is 2.09. The summed E-state index contributed by atoms with van der Waals surface area (Å²) in [5.41, 5.74) is 7.95. The topological polar surface area (TPSA) is 47.3 Å². The summed E-state index contributed by atoms with van der Waals surface area (Å²) in [4.78, 5) is 0. The molecule has 1 fully saturated rings. The third-order valence-corrected chi connectivity index (χ3v) is 3.58. The number of benzene rings is 1. The highest BCUT2D eigenvalue weighted by molar-refractivity contribution is 5.53. The number of aryl methyl sites for hydroxylation is 1. The number of rotatable bonds is 9. The van der Waals surface area contributed by atoms with E-state index in [1.165, 1.54) is 36.9 Å².